The van der Waals surface area contributed by atoms with Crippen molar-refractivity contribution in [1.82, 2.24) is 10.3 Å². The quantitative estimate of drug-likeness (QED) is 0.696. The van der Waals surface area contributed by atoms with Crippen LogP contribution in [0.4, 0.5) is 5.69 Å². The number of anilines is 1. The first kappa shape index (κ1) is 20.5. The van der Waals surface area contributed by atoms with Crippen LogP contribution in [0.3, 0.4) is 0 Å². The molecule has 1 aliphatic heterocycles. The molecule has 1 aliphatic carbocycles. The zero-order valence-corrected chi connectivity index (χ0v) is 17.4. The van der Waals surface area contributed by atoms with Crippen LogP contribution in [-0.4, -0.2) is 29.4 Å². The molecule has 0 saturated heterocycles. The van der Waals surface area contributed by atoms with Crippen LogP contribution >= 0.6 is 23.2 Å². The number of hydrogen-bond donors (Lipinski definition) is 2. The standard InChI is InChI=1S/C21H18Cl2N4O3/c22-13-10-16(23)19(26-11-13)30-14-3-5-21(6-4-14)15-9-12(18(28)25-8-7-24)1-2-17(15)27-20(21)29/h1-2,9-11,14H,3-6,8H2,(H,25,28)(H,27,29). The van der Waals surface area contributed by atoms with E-state index in [4.69, 9.17) is 33.2 Å². The predicted molar refractivity (Wildman–Crippen MR) is 112 cm³/mol. The van der Waals surface area contributed by atoms with Crippen molar-refractivity contribution >= 4 is 40.7 Å². The van der Waals surface area contributed by atoms with Crippen LogP contribution in [0.25, 0.3) is 0 Å². The molecule has 2 N–H and O–H groups in total. The molecule has 1 aromatic heterocycles. The summed E-state index contributed by atoms with van der Waals surface area (Å²) in [6.07, 6.45) is 3.78. The summed E-state index contributed by atoms with van der Waals surface area (Å²) in [4.78, 5) is 29.3. The number of fused-ring (bicyclic) bond motifs is 2. The molecule has 30 heavy (non-hydrogen) atoms. The molecule has 2 aliphatic rings. The van der Waals surface area contributed by atoms with Crippen molar-refractivity contribution in [3.63, 3.8) is 0 Å². The number of hydrogen-bond acceptors (Lipinski definition) is 5. The fraction of sp³-hybridized carbons (Fsp3) is 0.333. The molecule has 4 rings (SSSR count). The van der Waals surface area contributed by atoms with Gasteiger partial charge < -0.3 is 15.4 Å². The van der Waals surface area contributed by atoms with Gasteiger partial charge in [-0.2, -0.15) is 5.26 Å². The molecule has 154 valence electrons. The third-order valence-corrected chi connectivity index (χ3v) is 6.12. The summed E-state index contributed by atoms with van der Waals surface area (Å²) in [6.45, 7) is -0.0709. The lowest BCUT2D eigenvalue weighted by atomic mass is 9.69. The number of ether oxygens (including phenoxy) is 1. The number of pyridine rings is 1. The molecule has 2 aromatic rings. The van der Waals surface area contributed by atoms with E-state index in [0.717, 1.165) is 11.3 Å². The van der Waals surface area contributed by atoms with E-state index in [1.807, 2.05) is 6.07 Å². The third-order valence-electron chi connectivity index (χ3n) is 5.65. The maximum atomic E-state index is 12.9. The minimum absolute atomic E-state index is 0.0619. The molecule has 1 saturated carbocycles. The first-order valence-electron chi connectivity index (χ1n) is 9.52. The van der Waals surface area contributed by atoms with Gasteiger partial charge in [-0.25, -0.2) is 4.98 Å². The van der Waals surface area contributed by atoms with Gasteiger partial charge >= 0.3 is 0 Å². The van der Waals surface area contributed by atoms with Gasteiger partial charge in [0.1, 0.15) is 17.7 Å². The summed E-state index contributed by atoms with van der Waals surface area (Å²) in [5.41, 5.74) is 1.27. The Hall–Kier alpha value is -2.82. The van der Waals surface area contributed by atoms with Crippen LogP contribution < -0.4 is 15.4 Å². The number of rotatable bonds is 4. The number of halogens is 2. The summed E-state index contributed by atoms with van der Waals surface area (Å²) >= 11 is 12.0. The molecular weight excluding hydrogens is 427 g/mol. The van der Waals surface area contributed by atoms with Crippen LogP contribution in [0.1, 0.15) is 41.6 Å². The summed E-state index contributed by atoms with van der Waals surface area (Å²) < 4.78 is 5.95. The molecule has 0 atom stereocenters. The second-order valence-corrected chi connectivity index (χ2v) is 8.24. The van der Waals surface area contributed by atoms with Crippen molar-refractivity contribution in [3.05, 3.63) is 51.6 Å². The highest BCUT2D eigenvalue weighted by molar-refractivity contribution is 6.35. The maximum absolute atomic E-state index is 12.9. The number of nitrogens with zero attached hydrogens (tertiary/aromatic N) is 2. The van der Waals surface area contributed by atoms with Crippen molar-refractivity contribution in [2.45, 2.75) is 37.2 Å². The smallest absolute Gasteiger partial charge is 0.252 e. The van der Waals surface area contributed by atoms with Crippen LogP contribution in [0.5, 0.6) is 5.88 Å². The Bertz CT molecular complexity index is 1060. The zero-order valence-electron chi connectivity index (χ0n) is 15.9. The lowest BCUT2D eigenvalue weighted by Gasteiger charge is -2.35. The average molecular weight is 445 g/mol. The zero-order chi connectivity index (χ0) is 21.3. The minimum Gasteiger partial charge on any atom is -0.473 e. The molecule has 0 unspecified atom stereocenters. The normalized spacial score (nSPS) is 22.2. The van der Waals surface area contributed by atoms with Gasteiger partial charge in [0.05, 0.1) is 16.5 Å². The molecular formula is C21H18Cl2N4O3. The second kappa shape index (κ2) is 8.13. The van der Waals surface area contributed by atoms with E-state index in [9.17, 15) is 9.59 Å². The third kappa shape index (κ3) is 3.69. The van der Waals surface area contributed by atoms with E-state index in [1.165, 1.54) is 6.20 Å². The number of carbonyl (C=O) groups is 2. The van der Waals surface area contributed by atoms with Crippen molar-refractivity contribution in [3.8, 4) is 11.9 Å². The molecule has 1 spiro atoms. The maximum Gasteiger partial charge on any atom is 0.252 e. The molecule has 0 radical (unpaired) electrons. The fourth-order valence-electron chi connectivity index (χ4n) is 4.12. The summed E-state index contributed by atoms with van der Waals surface area (Å²) in [5, 5.41) is 14.9. The summed E-state index contributed by atoms with van der Waals surface area (Å²) in [5.74, 6) is -0.0720. The Morgan fingerprint density at radius 3 is 2.80 bits per heavy atom. The highest BCUT2D eigenvalue weighted by atomic mass is 35.5. The predicted octanol–water partition coefficient (Wildman–Crippen LogP) is 3.85. The van der Waals surface area contributed by atoms with Crippen LogP contribution in [0, 0.1) is 11.3 Å². The first-order chi connectivity index (χ1) is 14.4. The second-order valence-electron chi connectivity index (χ2n) is 7.40. The lowest BCUT2D eigenvalue weighted by molar-refractivity contribution is -0.122. The minimum atomic E-state index is -0.696. The Morgan fingerprint density at radius 2 is 2.10 bits per heavy atom. The fourth-order valence-corrected chi connectivity index (χ4v) is 4.55. The molecule has 0 bridgehead atoms. The van der Waals surface area contributed by atoms with E-state index in [1.54, 1.807) is 24.3 Å². The number of nitriles is 1. The Kier molecular flexibility index (Phi) is 5.54. The van der Waals surface area contributed by atoms with E-state index in [-0.39, 0.29) is 24.5 Å². The summed E-state index contributed by atoms with van der Waals surface area (Å²) in [6, 6.07) is 8.60. The van der Waals surface area contributed by atoms with Crippen molar-refractivity contribution in [2.75, 3.05) is 11.9 Å². The van der Waals surface area contributed by atoms with Gasteiger partial charge in [0.25, 0.3) is 5.91 Å². The Morgan fingerprint density at radius 1 is 1.33 bits per heavy atom. The number of benzene rings is 1. The number of aromatic nitrogens is 1. The van der Waals surface area contributed by atoms with E-state index in [2.05, 4.69) is 15.6 Å². The topological polar surface area (TPSA) is 104 Å². The van der Waals surface area contributed by atoms with Crippen LogP contribution in [-0.2, 0) is 10.2 Å². The van der Waals surface area contributed by atoms with Gasteiger partial charge in [0, 0.05) is 17.4 Å². The average Bonchev–Trinajstić information content (AvgIpc) is 3.00. The van der Waals surface area contributed by atoms with Gasteiger partial charge in [0.2, 0.25) is 11.8 Å². The molecule has 7 nitrogen and oxygen atoms in total. The molecule has 1 aromatic carbocycles. The van der Waals surface area contributed by atoms with Crippen molar-refractivity contribution in [1.29, 1.82) is 5.26 Å². The highest BCUT2D eigenvalue weighted by Crippen LogP contribution is 2.48. The van der Waals surface area contributed by atoms with Crippen LogP contribution in [0.15, 0.2) is 30.5 Å². The molecule has 9 heteroatoms. The van der Waals surface area contributed by atoms with E-state index < -0.39 is 5.41 Å². The van der Waals surface area contributed by atoms with Crippen molar-refractivity contribution < 1.29 is 14.3 Å². The summed E-state index contributed by atoms with van der Waals surface area (Å²) in [7, 11) is 0. The largest absolute Gasteiger partial charge is 0.473 e. The monoisotopic (exact) mass is 444 g/mol. The number of carbonyl (C=O) groups excluding carboxylic acids is 2. The van der Waals surface area contributed by atoms with E-state index in [0.29, 0.717) is 47.2 Å². The number of amides is 2. The van der Waals surface area contributed by atoms with Gasteiger partial charge in [-0.3, -0.25) is 9.59 Å². The molecule has 2 heterocycles. The Balaban J connectivity index is 1.52. The molecule has 1 fully saturated rings. The van der Waals surface area contributed by atoms with Crippen LogP contribution in [0.2, 0.25) is 10.0 Å². The highest BCUT2D eigenvalue weighted by Gasteiger charge is 2.49. The molecule has 2 amide bonds. The van der Waals surface area contributed by atoms with Gasteiger partial charge in [-0.1, -0.05) is 23.2 Å². The lowest BCUT2D eigenvalue weighted by Crippen LogP contribution is -2.41. The Labute approximate surface area is 183 Å². The first-order valence-corrected chi connectivity index (χ1v) is 10.3. The van der Waals surface area contributed by atoms with E-state index >= 15 is 0 Å². The SMILES string of the molecule is N#CCNC(=O)c1ccc2c(c1)C1(CCC(Oc3ncc(Cl)cc3Cl)CC1)C(=O)N2. The van der Waals surface area contributed by atoms with Gasteiger partial charge in [-0.05, 0) is 55.5 Å². The van der Waals surface area contributed by atoms with Gasteiger partial charge in [-0.15, -0.1) is 0 Å². The van der Waals surface area contributed by atoms with Crippen molar-refractivity contribution in [2.24, 2.45) is 0 Å². The number of nitrogens with one attached hydrogen (secondary N) is 2. The van der Waals surface area contributed by atoms with Gasteiger partial charge in [0.15, 0.2) is 0 Å².